The lowest BCUT2D eigenvalue weighted by atomic mass is 9.96. The number of rotatable bonds is 4. The average molecular weight is 301 g/mol. The van der Waals surface area contributed by atoms with Gasteiger partial charge in [-0.15, -0.1) is 0 Å². The van der Waals surface area contributed by atoms with Crippen LogP contribution in [0.15, 0.2) is 36.9 Å². The molecule has 2 N–H and O–H groups in total. The number of hydrogen-bond donors (Lipinski definition) is 2. The van der Waals surface area contributed by atoms with E-state index in [9.17, 15) is 9.59 Å². The van der Waals surface area contributed by atoms with Crippen LogP contribution in [0, 0.1) is 5.41 Å². The van der Waals surface area contributed by atoms with Crippen molar-refractivity contribution in [1.29, 1.82) is 0 Å². The first-order valence-corrected chi connectivity index (χ1v) is 6.89. The summed E-state index contributed by atoms with van der Waals surface area (Å²) in [6.45, 7) is 5.33. The third kappa shape index (κ3) is 4.15. The lowest BCUT2D eigenvalue weighted by Gasteiger charge is -2.17. The van der Waals surface area contributed by atoms with Crippen molar-refractivity contribution >= 4 is 17.5 Å². The summed E-state index contributed by atoms with van der Waals surface area (Å²) in [5.74, 6) is -0.435. The van der Waals surface area contributed by atoms with Gasteiger partial charge in [-0.25, -0.2) is 9.67 Å². The van der Waals surface area contributed by atoms with Crippen LogP contribution in [-0.2, 0) is 9.59 Å². The van der Waals surface area contributed by atoms with E-state index in [0.29, 0.717) is 5.69 Å². The van der Waals surface area contributed by atoms with Gasteiger partial charge in [0.25, 0.3) is 0 Å². The predicted molar refractivity (Wildman–Crippen MR) is 82.5 cm³/mol. The first-order chi connectivity index (χ1) is 10.4. The molecule has 2 aromatic rings. The Kier molecular flexibility index (Phi) is 4.55. The largest absolute Gasteiger partial charge is 0.347 e. The molecule has 0 fully saturated rings. The summed E-state index contributed by atoms with van der Waals surface area (Å²) in [7, 11) is 0. The number of nitrogens with one attached hydrogen (secondary N) is 2. The van der Waals surface area contributed by atoms with Crippen molar-refractivity contribution in [1.82, 2.24) is 20.1 Å². The number of carbonyl (C=O) groups excluding carboxylic acids is 2. The molecular weight excluding hydrogens is 282 g/mol. The second-order valence-electron chi connectivity index (χ2n) is 5.87. The van der Waals surface area contributed by atoms with E-state index < -0.39 is 5.41 Å². The molecule has 0 spiro atoms. The number of anilines is 1. The van der Waals surface area contributed by atoms with Crippen molar-refractivity contribution in [2.24, 2.45) is 5.41 Å². The number of nitrogens with zero attached hydrogens (tertiary/aromatic N) is 3. The Morgan fingerprint density at radius 2 is 1.86 bits per heavy atom. The SMILES string of the molecule is CC(C)(C)C(=O)NCC(=O)Nc1ccc(-n2cncn2)cc1. The maximum atomic E-state index is 11.8. The number of aromatic nitrogens is 3. The van der Waals surface area contributed by atoms with E-state index in [4.69, 9.17) is 0 Å². The topological polar surface area (TPSA) is 88.9 Å². The maximum Gasteiger partial charge on any atom is 0.243 e. The van der Waals surface area contributed by atoms with E-state index in [1.165, 1.54) is 6.33 Å². The van der Waals surface area contributed by atoms with Crippen LogP contribution in [0.2, 0.25) is 0 Å². The first kappa shape index (κ1) is 15.7. The van der Waals surface area contributed by atoms with Gasteiger partial charge < -0.3 is 10.6 Å². The Hall–Kier alpha value is -2.70. The van der Waals surface area contributed by atoms with Crippen molar-refractivity contribution in [2.75, 3.05) is 11.9 Å². The van der Waals surface area contributed by atoms with Crippen LogP contribution in [0.25, 0.3) is 5.69 Å². The van der Waals surface area contributed by atoms with Gasteiger partial charge in [0.15, 0.2) is 0 Å². The second kappa shape index (κ2) is 6.38. The molecule has 0 unspecified atom stereocenters. The molecule has 22 heavy (non-hydrogen) atoms. The molecule has 7 nitrogen and oxygen atoms in total. The summed E-state index contributed by atoms with van der Waals surface area (Å²) in [5.41, 5.74) is 0.982. The Balaban J connectivity index is 1.88. The third-order valence-corrected chi connectivity index (χ3v) is 2.93. The molecule has 1 aromatic heterocycles. The number of carbonyl (C=O) groups is 2. The highest BCUT2D eigenvalue weighted by Gasteiger charge is 2.21. The normalized spacial score (nSPS) is 11.0. The lowest BCUT2D eigenvalue weighted by Crippen LogP contribution is -2.39. The molecule has 2 rings (SSSR count). The highest BCUT2D eigenvalue weighted by molar-refractivity contribution is 5.95. The summed E-state index contributed by atoms with van der Waals surface area (Å²) in [5, 5.41) is 9.34. The minimum absolute atomic E-state index is 0.0546. The van der Waals surface area contributed by atoms with Gasteiger partial charge in [0.2, 0.25) is 11.8 Å². The van der Waals surface area contributed by atoms with Crippen molar-refractivity contribution in [3.63, 3.8) is 0 Å². The quantitative estimate of drug-likeness (QED) is 0.892. The number of benzene rings is 1. The summed E-state index contributed by atoms with van der Waals surface area (Å²) in [6.07, 6.45) is 3.04. The van der Waals surface area contributed by atoms with Crippen LogP contribution in [0.1, 0.15) is 20.8 Å². The van der Waals surface area contributed by atoms with E-state index in [1.54, 1.807) is 43.9 Å². The zero-order valence-corrected chi connectivity index (χ0v) is 12.8. The molecule has 0 atom stereocenters. The molecule has 0 aliphatic carbocycles. The summed E-state index contributed by atoms with van der Waals surface area (Å²) in [4.78, 5) is 27.4. The minimum Gasteiger partial charge on any atom is -0.347 e. The van der Waals surface area contributed by atoms with E-state index in [0.717, 1.165) is 5.69 Å². The molecule has 2 amide bonds. The van der Waals surface area contributed by atoms with Gasteiger partial charge >= 0.3 is 0 Å². The highest BCUT2D eigenvalue weighted by atomic mass is 16.2. The molecule has 0 aliphatic rings. The molecule has 116 valence electrons. The monoisotopic (exact) mass is 301 g/mol. The minimum atomic E-state index is -0.514. The van der Waals surface area contributed by atoms with E-state index in [2.05, 4.69) is 20.7 Å². The fraction of sp³-hybridized carbons (Fsp3) is 0.333. The van der Waals surface area contributed by atoms with Crippen LogP contribution in [0.4, 0.5) is 5.69 Å². The predicted octanol–water partition coefficient (Wildman–Crippen LogP) is 1.37. The summed E-state index contributed by atoms with van der Waals surface area (Å²) < 4.78 is 1.62. The van der Waals surface area contributed by atoms with Gasteiger partial charge in [-0.1, -0.05) is 20.8 Å². The van der Waals surface area contributed by atoms with Gasteiger partial charge in [-0.3, -0.25) is 9.59 Å². The molecule has 0 bridgehead atoms. The van der Waals surface area contributed by atoms with E-state index in [-0.39, 0.29) is 18.4 Å². The van der Waals surface area contributed by atoms with Gasteiger partial charge in [0.1, 0.15) is 12.7 Å². The first-order valence-electron chi connectivity index (χ1n) is 6.89. The lowest BCUT2D eigenvalue weighted by molar-refractivity contribution is -0.130. The van der Waals surface area contributed by atoms with Gasteiger partial charge in [-0.05, 0) is 24.3 Å². The zero-order chi connectivity index (χ0) is 16.2. The Morgan fingerprint density at radius 1 is 1.18 bits per heavy atom. The van der Waals surface area contributed by atoms with Crippen LogP contribution in [-0.4, -0.2) is 33.1 Å². The van der Waals surface area contributed by atoms with Crippen LogP contribution < -0.4 is 10.6 Å². The Bertz CT molecular complexity index is 642. The molecular formula is C15H19N5O2. The van der Waals surface area contributed by atoms with Crippen LogP contribution in [0.5, 0.6) is 0 Å². The second-order valence-corrected chi connectivity index (χ2v) is 5.87. The average Bonchev–Trinajstić information content (AvgIpc) is 2.98. The molecule has 7 heteroatoms. The fourth-order valence-corrected chi connectivity index (χ4v) is 1.67. The van der Waals surface area contributed by atoms with E-state index in [1.807, 2.05) is 12.1 Å². The summed E-state index contributed by atoms with van der Waals surface area (Å²) >= 11 is 0. The summed E-state index contributed by atoms with van der Waals surface area (Å²) in [6, 6.07) is 7.16. The fourth-order valence-electron chi connectivity index (χ4n) is 1.67. The standard InChI is InChI=1S/C15H19N5O2/c1-15(2,3)14(22)17-8-13(21)19-11-4-6-12(7-5-11)20-10-16-9-18-20/h4-7,9-10H,8H2,1-3H3,(H,17,22)(H,19,21). The molecule has 1 heterocycles. The molecule has 0 aliphatic heterocycles. The van der Waals surface area contributed by atoms with Crippen molar-refractivity contribution in [3.05, 3.63) is 36.9 Å². The molecule has 0 saturated carbocycles. The number of amides is 2. The van der Waals surface area contributed by atoms with Crippen LogP contribution in [0.3, 0.4) is 0 Å². The number of hydrogen-bond acceptors (Lipinski definition) is 4. The smallest absolute Gasteiger partial charge is 0.243 e. The van der Waals surface area contributed by atoms with E-state index >= 15 is 0 Å². The van der Waals surface area contributed by atoms with Gasteiger partial charge in [0, 0.05) is 11.1 Å². The van der Waals surface area contributed by atoms with Crippen molar-refractivity contribution in [2.45, 2.75) is 20.8 Å². The Labute approximate surface area is 128 Å². The molecule has 1 aromatic carbocycles. The highest BCUT2D eigenvalue weighted by Crippen LogP contribution is 2.13. The molecule has 0 radical (unpaired) electrons. The van der Waals surface area contributed by atoms with Gasteiger partial charge in [-0.2, -0.15) is 5.10 Å². The third-order valence-electron chi connectivity index (χ3n) is 2.93. The Morgan fingerprint density at radius 3 is 2.41 bits per heavy atom. The van der Waals surface area contributed by atoms with Crippen LogP contribution >= 0.6 is 0 Å². The maximum absolute atomic E-state index is 11.8. The van der Waals surface area contributed by atoms with Crippen molar-refractivity contribution < 1.29 is 9.59 Å². The van der Waals surface area contributed by atoms with Crippen molar-refractivity contribution in [3.8, 4) is 5.69 Å². The zero-order valence-electron chi connectivity index (χ0n) is 12.8. The molecule has 0 saturated heterocycles. The van der Waals surface area contributed by atoms with Gasteiger partial charge in [0.05, 0.1) is 12.2 Å².